The van der Waals surface area contributed by atoms with E-state index in [-0.39, 0.29) is 28.6 Å². The molecule has 0 bridgehead atoms. The zero-order chi connectivity index (χ0) is 22.6. The Morgan fingerprint density at radius 3 is 2.52 bits per heavy atom. The SMILES string of the molecule is COc1ccc(Cl)cc1NS(=O)(=O)c1cccc(C(=O)N2CCN(CC(F)F)CC2)c1. The number of anilines is 1. The van der Waals surface area contributed by atoms with Crippen LogP contribution in [0, 0.1) is 0 Å². The zero-order valence-electron chi connectivity index (χ0n) is 16.7. The van der Waals surface area contributed by atoms with Crippen LogP contribution in [0.2, 0.25) is 5.02 Å². The first-order chi connectivity index (χ1) is 14.7. The van der Waals surface area contributed by atoms with Crippen molar-refractivity contribution in [2.75, 3.05) is 44.6 Å². The maximum Gasteiger partial charge on any atom is 0.262 e. The first-order valence-electron chi connectivity index (χ1n) is 9.46. The van der Waals surface area contributed by atoms with Gasteiger partial charge in [-0.3, -0.25) is 14.4 Å². The average Bonchev–Trinajstić information content (AvgIpc) is 2.73. The Hall–Kier alpha value is -2.43. The van der Waals surface area contributed by atoms with Crippen LogP contribution >= 0.6 is 11.6 Å². The Bertz CT molecular complexity index is 1040. The van der Waals surface area contributed by atoms with Gasteiger partial charge in [-0.15, -0.1) is 0 Å². The molecule has 11 heteroatoms. The highest BCUT2D eigenvalue weighted by Crippen LogP contribution is 2.30. The fourth-order valence-corrected chi connectivity index (χ4v) is 4.55. The summed E-state index contributed by atoms with van der Waals surface area (Å²) in [6, 6.07) is 10.2. The van der Waals surface area contributed by atoms with Gasteiger partial charge in [0.05, 0.1) is 24.2 Å². The van der Waals surface area contributed by atoms with Gasteiger partial charge >= 0.3 is 0 Å². The van der Waals surface area contributed by atoms with E-state index in [1.54, 1.807) is 11.0 Å². The molecule has 0 saturated carbocycles. The summed E-state index contributed by atoms with van der Waals surface area (Å²) >= 11 is 5.95. The summed E-state index contributed by atoms with van der Waals surface area (Å²) in [5.74, 6) is -0.0593. The quantitative estimate of drug-likeness (QED) is 0.668. The number of rotatable bonds is 7. The summed E-state index contributed by atoms with van der Waals surface area (Å²) < 4.78 is 58.4. The summed E-state index contributed by atoms with van der Waals surface area (Å²) in [5, 5.41) is 0.327. The molecule has 2 aromatic carbocycles. The molecule has 0 aliphatic carbocycles. The molecule has 1 fully saturated rings. The lowest BCUT2D eigenvalue weighted by molar-refractivity contribution is 0.0459. The van der Waals surface area contributed by atoms with Crippen LogP contribution in [0.4, 0.5) is 14.5 Å². The summed E-state index contributed by atoms with van der Waals surface area (Å²) in [6.45, 7) is 0.934. The van der Waals surface area contributed by atoms with Crippen molar-refractivity contribution in [3.05, 3.63) is 53.1 Å². The van der Waals surface area contributed by atoms with E-state index in [0.717, 1.165) is 0 Å². The number of methoxy groups -OCH3 is 1. The second kappa shape index (κ2) is 9.80. The monoisotopic (exact) mass is 473 g/mol. The van der Waals surface area contributed by atoms with Gasteiger partial charge in [0.1, 0.15) is 5.75 Å². The van der Waals surface area contributed by atoms with Gasteiger partial charge in [-0.05, 0) is 36.4 Å². The van der Waals surface area contributed by atoms with E-state index in [1.165, 1.54) is 48.4 Å². The molecule has 1 amide bonds. The number of sulfonamides is 1. The number of benzene rings is 2. The van der Waals surface area contributed by atoms with Crippen LogP contribution in [0.25, 0.3) is 0 Å². The number of carbonyl (C=O) groups excluding carboxylic acids is 1. The van der Waals surface area contributed by atoms with Gasteiger partial charge in [0, 0.05) is 36.8 Å². The Kier molecular flexibility index (Phi) is 7.34. The summed E-state index contributed by atoms with van der Waals surface area (Å²) in [5.41, 5.74) is 0.366. The Morgan fingerprint density at radius 2 is 1.87 bits per heavy atom. The average molecular weight is 474 g/mol. The van der Waals surface area contributed by atoms with Crippen LogP contribution in [0.1, 0.15) is 10.4 Å². The van der Waals surface area contributed by atoms with Gasteiger partial charge in [-0.2, -0.15) is 0 Å². The molecule has 0 radical (unpaired) electrons. The number of hydrogen-bond acceptors (Lipinski definition) is 5. The third-order valence-electron chi connectivity index (χ3n) is 4.85. The van der Waals surface area contributed by atoms with Crippen molar-refractivity contribution in [3.63, 3.8) is 0 Å². The standard InChI is InChI=1S/C20H22ClF2N3O4S/c1-30-18-6-5-15(21)12-17(18)24-31(28,29)16-4-2-3-14(11-16)20(27)26-9-7-25(8-10-26)13-19(22)23/h2-6,11-12,19,24H,7-10,13H2,1H3. The molecule has 7 nitrogen and oxygen atoms in total. The van der Waals surface area contributed by atoms with E-state index < -0.39 is 16.4 Å². The third-order valence-corrected chi connectivity index (χ3v) is 6.45. The Morgan fingerprint density at radius 1 is 1.16 bits per heavy atom. The smallest absolute Gasteiger partial charge is 0.262 e. The molecule has 1 heterocycles. The van der Waals surface area contributed by atoms with Crippen LogP contribution < -0.4 is 9.46 Å². The number of alkyl halides is 2. The maximum absolute atomic E-state index is 12.9. The number of carbonyl (C=O) groups is 1. The molecular formula is C20H22ClF2N3O4S. The second-order valence-corrected chi connectivity index (χ2v) is 9.08. The number of piperazine rings is 1. The third kappa shape index (κ3) is 5.84. The fourth-order valence-electron chi connectivity index (χ4n) is 3.27. The van der Waals surface area contributed by atoms with Crippen molar-refractivity contribution in [1.82, 2.24) is 9.80 Å². The highest BCUT2D eigenvalue weighted by atomic mass is 35.5. The number of nitrogens with one attached hydrogen (secondary N) is 1. The van der Waals surface area contributed by atoms with Gasteiger partial charge in [0.25, 0.3) is 22.4 Å². The van der Waals surface area contributed by atoms with Crippen molar-refractivity contribution in [3.8, 4) is 5.75 Å². The van der Waals surface area contributed by atoms with E-state index in [9.17, 15) is 22.0 Å². The molecule has 1 aliphatic rings. The summed E-state index contributed by atoms with van der Waals surface area (Å²) in [6.07, 6.45) is -2.42. The van der Waals surface area contributed by atoms with Crippen LogP contribution in [0.5, 0.6) is 5.75 Å². The largest absolute Gasteiger partial charge is 0.495 e. The zero-order valence-corrected chi connectivity index (χ0v) is 18.3. The van der Waals surface area contributed by atoms with Crippen LogP contribution in [0.15, 0.2) is 47.4 Å². The molecule has 168 valence electrons. The van der Waals surface area contributed by atoms with Gasteiger partial charge in [0.2, 0.25) is 0 Å². The van der Waals surface area contributed by atoms with Crippen LogP contribution in [-0.2, 0) is 10.0 Å². The Labute approximate surface area is 184 Å². The lowest BCUT2D eigenvalue weighted by Crippen LogP contribution is -2.49. The van der Waals surface area contributed by atoms with Crippen molar-refractivity contribution in [2.24, 2.45) is 0 Å². The van der Waals surface area contributed by atoms with Gasteiger partial charge in [-0.1, -0.05) is 17.7 Å². The lowest BCUT2D eigenvalue weighted by atomic mass is 10.2. The molecule has 31 heavy (non-hydrogen) atoms. The van der Waals surface area contributed by atoms with Crippen molar-refractivity contribution in [1.29, 1.82) is 0 Å². The molecule has 0 aromatic heterocycles. The molecule has 2 aromatic rings. The number of amides is 1. The number of ether oxygens (including phenoxy) is 1. The van der Waals surface area contributed by atoms with E-state index in [4.69, 9.17) is 16.3 Å². The predicted molar refractivity (Wildman–Crippen MR) is 114 cm³/mol. The van der Waals surface area contributed by atoms with Gasteiger partial charge in [0.15, 0.2) is 0 Å². The predicted octanol–water partition coefficient (Wildman–Crippen LogP) is 3.17. The molecule has 3 rings (SSSR count). The minimum atomic E-state index is -4.02. The minimum absolute atomic E-state index is 0.100. The summed E-state index contributed by atoms with van der Waals surface area (Å²) in [4.78, 5) is 15.8. The first kappa shape index (κ1) is 23.2. The van der Waals surface area contributed by atoms with Crippen molar-refractivity contribution in [2.45, 2.75) is 11.3 Å². The molecule has 1 saturated heterocycles. The number of halogens is 3. The van der Waals surface area contributed by atoms with Crippen molar-refractivity contribution >= 4 is 33.2 Å². The number of nitrogens with zero attached hydrogens (tertiary/aromatic N) is 2. The van der Waals surface area contributed by atoms with E-state index >= 15 is 0 Å². The first-order valence-corrected chi connectivity index (χ1v) is 11.3. The second-order valence-electron chi connectivity index (χ2n) is 6.96. The van der Waals surface area contributed by atoms with Crippen LogP contribution in [-0.4, -0.2) is 70.4 Å². The van der Waals surface area contributed by atoms with Gasteiger partial charge < -0.3 is 9.64 Å². The normalized spacial score (nSPS) is 15.2. The fraction of sp³-hybridized carbons (Fsp3) is 0.350. The van der Waals surface area contributed by atoms with E-state index in [0.29, 0.717) is 37.0 Å². The lowest BCUT2D eigenvalue weighted by Gasteiger charge is -2.34. The number of hydrogen-bond donors (Lipinski definition) is 1. The molecule has 0 atom stereocenters. The Balaban J connectivity index is 1.75. The van der Waals surface area contributed by atoms with Gasteiger partial charge in [-0.25, -0.2) is 17.2 Å². The highest BCUT2D eigenvalue weighted by molar-refractivity contribution is 7.92. The maximum atomic E-state index is 12.9. The van der Waals surface area contributed by atoms with E-state index in [2.05, 4.69) is 4.72 Å². The van der Waals surface area contributed by atoms with Crippen molar-refractivity contribution < 1.29 is 26.7 Å². The minimum Gasteiger partial charge on any atom is -0.495 e. The molecular weight excluding hydrogens is 452 g/mol. The molecule has 0 unspecified atom stereocenters. The molecule has 0 spiro atoms. The van der Waals surface area contributed by atoms with E-state index in [1.807, 2.05) is 0 Å². The summed E-state index contributed by atoms with van der Waals surface area (Å²) in [7, 11) is -2.62. The molecule has 1 aliphatic heterocycles. The molecule has 1 N–H and O–H groups in total. The highest BCUT2D eigenvalue weighted by Gasteiger charge is 2.25. The van der Waals surface area contributed by atoms with Crippen LogP contribution in [0.3, 0.4) is 0 Å². The topological polar surface area (TPSA) is 78.9 Å².